The van der Waals surface area contributed by atoms with Gasteiger partial charge >= 0.3 is 27.6 Å². The fraction of sp³-hybridized carbons (Fsp3) is 0.609. The number of carbonyl (C=O) groups is 2. The van der Waals surface area contributed by atoms with Crippen molar-refractivity contribution in [2.75, 3.05) is 26.4 Å². The molecule has 0 aromatic carbocycles. The van der Waals surface area contributed by atoms with Gasteiger partial charge < -0.3 is 39.5 Å². The molecule has 0 amide bonds. The number of aliphatic hydroxyl groups excluding tert-OH is 3. The van der Waals surface area contributed by atoms with Crippen LogP contribution in [0, 0.1) is 0 Å². The highest BCUT2D eigenvalue weighted by Crippen LogP contribution is 2.43. The minimum Gasteiger partial charge on any atom is -0.462 e. The number of ether oxygens (including phenoxy) is 2. The predicted molar refractivity (Wildman–Crippen MR) is 246 cm³/mol. The van der Waals surface area contributed by atoms with Crippen molar-refractivity contribution in [2.45, 2.75) is 154 Å². The lowest BCUT2D eigenvalue weighted by Crippen LogP contribution is -2.30. The van der Waals surface area contributed by atoms with Crippen LogP contribution in [0.5, 0.6) is 0 Å². The second kappa shape index (κ2) is 40.5. The van der Waals surface area contributed by atoms with Gasteiger partial charge in [-0.05, 0) is 70.6 Å². The van der Waals surface area contributed by atoms with Gasteiger partial charge in [-0.3, -0.25) is 23.2 Å². The molecule has 0 bridgehead atoms. The first-order valence-corrected chi connectivity index (χ1v) is 25.2. The minimum absolute atomic E-state index is 0.112. The molecule has 0 aromatic rings. The van der Waals surface area contributed by atoms with Gasteiger partial charge in [0.15, 0.2) is 6.10 Å². The molecule has 0 heterocycles. The van der Waals surface area contributed by atoms with E-state index in [1.54, 1.807) is 24.3 Å². The van der Waals surface area contributed by atoms with Crippen LogP contribution in [0.2, 0.25) is 0 Å². The molecule has 0 aliphatic carbocycles. The summed E-state index contributed by atoms with van der Waals surface area (Å²) >= 11 is 0. The molecule has 15 nitrogen and oxygen atoms in total. The first kappa shape index (κ1) is 60.0. The average molecular weight is 931 g/mol. The van der Waals surface area contributed by atoms with Crippen molar-refractivity contribution >= 4 is 27.6 Å². The van der Waals surface area contributed by atoms with E-state index in [1.807, 2.05) is 24.3 Å². The fourth-order valence-corrected chi connectivity index (χ4v) is 6.41. The number of phosphoric ester groups is 2. The standard InChI is InChI=1S/C46H76O15P2/c1-3-5-7-8-9-10-11-12-13-14-15-16-17-18-22-25-29-35-45(50)57-39-44(40-60-63(55,56)59-38-43(49)37-58-62(52,53)54)61-46(51)36-30-34-42(48)33-28-24-21-19-20-23-27-32-41(47)31-26-6-4-2/h5,7,9-10,12-13,15-16,20-21,23-24,27-28,32-33,41-44,47-49H,3-4,6,8,11,14,17-19,22,25-26,29-31,34-40H2,1-2H3,(H,55,56)(H2,52,53,54)/b7-5-,10-9-,13-12-,16-15-,23-20-,24-21-,32-27+,33-28+/t41-,42-,43+,44-/m1/s1. The summed E-state index contributed by atoms with van der Waals surface area (Å²) in [5, 5.41) is 30.0. The van der Waals surface area contributed by atoms with Gasteiger partial charge in [0.2, 0.25) is 0 Å². The van der Waals surface area contributed by atoms with Crippen molar-refractivity contribution in [1.82, 2.24) is 0 Å². The third kappa shape index (κ3) is 44.0. The highest BCUT2D eigenvalue weighted by molar-refractivity contribution is 7.47. The summed E-state index contributed by atoms with van der Waals surface area (Å²) in [5.41, 5.74) is 0. The van der Waals surface area contributed by atoms with E-state index in [2.05, 4.69) is 71.5 Å². The highest BCUT2D eigenvalue weighted by atomic mass is 31.2. The van der Waals surface area contributed by atoms with Gasteiger partial charge in [-0.25, -0.2) is 9.13 Å². The molecule has 0 aliphatic rings. The van der Waals surface area contributed by atoms with Crippen LogP contribution in [0.3, 0.4) is 0 Å². The summed E-state index contributed by atoms with van der Waals surface area (Å²) in [6, 6.07) is 0. The number of aliphatic hydroxyl groups is 3. The van der Waals surface area contributed by atoms with E-state index in [4.69, 9.17) is 23.8 Å². The van der Waals surface area contributed by atoms with Crippen LogP contribution in [0.1, 0.15) is 129 Å². The van der Waals surface area contributed by atoms with Crippen LogP contribution >= 0.6 is 15.6 Å². The Morgan fingerprint density at radius 1 is 0.540 bits per heavy atom. The van der Waals surface area contributed by atoms with Gasteiger partial charge in [0.1, 0.15) is 12.7 Å². The van der Waals surface area contributed by atoms with Gasteiger partial charge in [-0.15, -0.1) is 0 Å². The molecular weight excluding hydrogens is 854 g/mol. The lowest BCUT2D eigenvalue weighted by Gasteiger charge is -2.20. The topological polar surface area (TPSA) is 236 Å². The lowest BCUT2D eigenvalue weighted by molar-refractivity contribution is -0.161. The number of allylic oxidation sites excluding steroid dienone is 14. The number of hydrogen-bond acceptors (Lipinski definition) is 12. The maximum Gasteiger partial charge on any atom is 0.472 e. The number of rotatable bonds is 40. The second-order valence-electron chi connectivity index (χ2n) is 14.6. The summed E-state index contributed by atoms with van der Waals surface area (Å²) < 4.78 is 47.6. The summed E-state index contributed by atoms with van der Waals surface area (Å²) in [4.78, 5) is 52.7. The Morgan fingerprint density at radius 3 is 1.67 bits per heavy atom. The molecule has 0 saturated heterocycles. The monoisotopic (exact) mass is 930 g/mol. The molecule has 6 N–H and O–H groups in total. The number of hydrogen-bond donors (Lipinski definition) is 6. The molecule has 360 valence electrons. The van der Waals surface area contributed by atoms with Crippen LogP contribution in [0.15, 0.2) is 97.2 Å². The van der Waals surface area contributed by atoms with Crippen molar-refractivity contribution in [3.05, 3.63) is 97.2 Å². The van der Waals surface area contributed by atoms with E-state index in [-0.39, 0.29) is 25.7 Å². The summed E-state index contributed by atoms with van der Waals surface area (Å²) in [6.07, 6.45) is 40.4. The van der Waals surface area contributed by atoms with Gasteiger partial charge in [-0.2, -0.15) is 0 Å². The Morgan fingerprint density at radius 2 is 1.06 bits per heavy atom. The number of carbonyl (C=O) groups excluding carboxylic acids is 2. The second-order valence-corrected chi connectivity index (χ2v) is 17.3. The SMILES string of the molecule is CC/C=C\C/C=C\C/C=C\C/C=C\CCCCCCC(=O)OC[C@H](COP(=O)(O)OC[C@@H](O)COP(=O)(O)O)OC(=O)CCC[C@H](O)/C=C/C=C\C/C=C\C=C\[C@H](O)CCCCC. The minimum atomic E-state index is -4.90. The zero-order valence-electron chi connectivity index (χ0n) is 37.4. The fourth-order valence-electron chi connectivity index (χ4n) is 5.26. The van der Waals surface area contributed by atoms with Crippen molar-refractivity contribution in [3.63, 3.8) is 0 Å². The van der Waals surface area contributed by atoms with Crippen molar-refractivity contribution in [1.29, 1.82) is 0 Å². The molecule has 0 fully saturated rings. The van der Waals surface area contributed by atoms with E-state index in [9.17, 15) is 38.9 Å². The van der Waals surface area contributed by atoms with Gasteiger partial charge in [0.25, 0.3) is 0 Å². The molecule has 0 rings (SSSR count). The van der Waals surface area contributed by atoms with Crippen LogP contribution < -0.4 is 0 Å². The number of esters is 2. The molecule has 63 heavy (non-hydrogen) atoms. The molecule has 0 radical (unpaired) electrons. The maximum absolute atomic E-state index is 12.7. The van der Waals surface area contributed by atoms with E-state index in [1.165, 1.54) is 0 Å². The van der Waals surface area contributed by atoms with Crippen LogP contribution in [0.25, 0.3) is 0 Å². The quantitative estimate of drug-likeness (QED) is 0.0110. The normalized spacial score (nSPS) is 15.9. The van der Waals surface area contributed by atoms with E-state index >= 15 is 0 Å². The molecule has 0 saturated carbocycles. The molecule has 0 aliphatic heterocycles. The van der Waals surface area contributed by atoms with Crippen LogP contribution in [-0.4, -0.2) is 92.8 Å². The Hall–Kier alpha value is -3.04. The average Bonchev–Trinajstić information content (AvgIpc) is 3.23. The zero-order chi connectivity index (χ0) is 46.9. The maximum atomic E-state index is 12.7. The third-order valence-corrected chi connectivity index (χ3v) is 10.1. The van der Waals surface area contributed by atoms with Gasteiger partial charge in [-0.1, -0.05) is 143 Å². The molecule has 0 spiro atoms. The first-order valence-electron chi connectivity index (χ1n) is 22.1. The lowest BCUT2D eigenvalue weighted by atomic mass is 10.1. The van der Waals surface area contributed by atoms with Crippen molar-refractivity contribution in [2.24, 2.45) is 0 Å². The Bertz CT molecular complexity index is 1510. The van der Waals surface area contributed by atoms with Crippen LogP contribution in [-0.2, 0) is 41.8 Å². The zero-order valence-corrected chi connectivity index (χ0v) is 39.1. The van der Waals surface area contributed by atoms with E-state index < -0.39 is 78.4 Å². The smallest absolute Gasteiger partial charge is 0.462 e. The third-order valence-electron chi connectivity index (χ3n) is 8.65. The molecule has 0 aromatic heterocycles. The molecule has 5 atom stereocenters. The number of unbranched alkanes of at least 4 members (excludes halogenated alkanes) is 6. The molecule has 17 heteroatoms. The summed E-state index contributed by atoms with van der Waals surface area (Å²) in [7, 11) is -9.79. The Labute approximate surface area is 375 Å². The molecular formula is C46H76O15P2. The van der Waals surface area contributed by atoms with Crippen molar-refractivity contribution in [3.8, 4) is 0 Å². The van der Waals surface area contributed by atoms with E-state index in [0.717, 1.165) is 77.0 Å². The Kier molecular flexibility index (Phi) is 38.5. The predicted octanol–water partition coefficient (Wildman–Crippen LogP) is 9.28. The van der Waals surface area contributed by atoms with Crippen LogP contribution in [0.4, 0.5) is 0 Å². The van der Waals surface area contributed by atoms with Gasteiger partial charge in [0.05, 0.1) is 32.0 Å². The summed E-state index contributed by atoms with van der Waals surface area (Å²) in [5.74, 6) is -1.30. The largest absolute Gasteiger partial charge is 0.472 e. The van der Waals surface area contributed by atoms with E-state index in [0.29, 0.717) is 12.8 Å². The van der Waals surface area contributed by atoms with Gasteiger partial charge in [0, 0.05) is 12.8 Å². The first-order chi connectivity index (χ1) is 30.2. The number of phosphoric acid groups is 2. The highest BCUT2D eigenvalue weighted by Gasteiger charge is 2.28. The summed E-state index contributed by atoms with van der Waals surface area (Å²) in [6.45, 7) is 1.24. The van der Waals surface area contributed by atoms with Crippen molar-refractivity contribution < 1.29 is 71.8 Å². The molecule has 1 unspecified atom stereocenters. The Balaban J connectivity index is 4.80.